The first-order chi connectivity index (χ1) is 6.64. The Labute approximate surface area is 82.5 Å². The van der Waals surface area contributed by atoms with Crippen LogP contribution in [0.3, 0.4) is 0 Å². The number of furan rings is 1. The minimum Gasteiger partial charge on any atom is -0.472 e. The van der Waals surface area contributed by atoms with Crippen LogP contribution in [-0.4, -0.2) is 19.0 Å². The Hall–Kier alpha value is -1.29. The molecule has 1 aromatic heterocycles. The summed E-state index contributed by atoms with van der Waals surface area (Å²) in [5, 5.41) is 3.19. The van der Waals surface area contributed by atoms with Gasteiger partial charge in [0.2, 0.25) is 5.91 Å². The van der Waals surface area contributed by atoms with Gasteiger partial charge in [0.25, 0.3) is 0 Å². The number of carbonyl (C=O) groups is 1. The van der Waals surface area contributed by atoms with Crippen molar-refractivity contribution in [2.75, 3.05) is 13.1 Å². The van der Waals surface area contributed by atoms with Crippen molar-refractivity contribution in [1.82, 2.24) is 5.32 Å². The Balaban J connectivity index is 2.35. The molecule has 0 saturated carbocycles. The SMILES string of the molecule is CC1(c2ccoc2)CNCC1C(N)=O. The molecule has 2 rings (SSSR count). The molecule has 2 unspecified atom stereocenters. The average molecular weight is 194 g/mol. The zero-order valence-electron chi connectivity index (χ0n) is 8.12. The van der Waals surface area contributed by atoms with Gasteiger partial charge in [0.1, 0.15) is 0 Å². The molecule has 1 aromatic rings. The van der Waals surface area contributed by atoms with Crippen LogP contribution in [0.4, 0.5) is 0 Å². The highest BCUT2D eigenvalue weighted by molar-refractivity contribution is 5.79. The van der Waals surface area contributed by atoms with Crippen LogP contribution in [0.1, 0.15) is 12.5 Å². The van der Waals surface area contributed by atoms with E-state index in [2.05, 4.69) is 5.32 Å². The van der Waals surface area contributed by atoms with Crippen molar-refractivity contribution in [3.8, 4) is 0 Å². The molecular formula is C10H14N2O2. The van der Waals surface area contributed by atoms with Gasteiger partial charge in [-0.05, 0) is 11.6 Å². The summed E-state index contributed by atoms with van der Waals surface area (Å²) in [5.41, 5.74) is 6.18. The molecule has 1 amide bonds. The second kappa shape index (κ2) is 3.13. The third kappa shape index (κ3) is 1.23. The Kier molecular flexibility index (Phi) is 2.07. The molecule has 76 valence electrons. The van der Waals surface area contributed by atoms with Gasteiger partial charge in [-0.1, -0.05) is 6.92 Å². The molecule has 0 aromatic carbocycles. The summed E-state index contributed by atoms with van der Waals surface area (Å²) in [6.45, 7) is 3.45. The number of hydrogen-bond acceptors (Lipinski definition) is 3. The zero-order valence-corrected chi connectivity index (χ0v) is 8.12. The average Bonchev–Trinajstić information content (AvgIpc) is 2.71. The van der Waals surface area contributed by atoms with Crippen molar-refractivity contribution in [2.45, 2.75) is 12.3 Å². The second-order valence-corrected chi connectivity index (χ2v) is 4.02. The number of carbonyl (C=O) groups excluding carboxylic acids is 1. The van der Waals surface area contributed by atoms with Crippen LogP contribution < -0.4 is 11.1 Å². The predicted octanol–water partition coefficient (Wildman–Crippen LogP) is 0.242. The minimum atomic E-state index is -0.251. The van der Waals surface area contributed by atoms with E-state index in [-0.39, 0.29) is 17.2 Å². The smallest absolute Gasteiger partial charge is 0.222 e. The molecule has 0 aliphatic carbocycles. The van der Waals surface area contributed by atoms with Crippen LogP contribution in [0.2, 0.25) is 0 Å². The van der Waals surface area contributed by atoms with Crippen molar-refractivity contribution in [3.63, 3.8) is 0 Å². The summed E-state index contributed by atoms with van der Waals surface area (Å²) < 4.78 is 5.04. The van der Waals surface area contributed by atoms with Crippen molar-refractivity contribution in [3.05, 3.63) is 24.2 Å². The lowest BCUT2D eigenvalue weighted by atomic mass is 9.75. The second-order valence-electron chi connectivity index (χ2n) is 4.02. The molecule has 1 saturated heterocycles. The molecule has 0 radical (unpaired) electrons. The molecule has 3 N–H and O–H groups in total. The van der Waals surface area contributed by atoms with Gasteiger partial charge >= 0.3 is 0 Å². The van der Waals surface area contributed by atoms with Gasteiger partial charge in [-0.25, -0.2) is 0 Å². The summed E-state index contributed by atoms with van der Waals surface area (Å²) in [5.74, 6) is -0.404. The fourth-order valence-corrected chi connectivity index (χ4v) is 2.13. The molecule has 4 nitrogen and oxygen atoms in total. The maximum atomic E-state index is 11.3. The number of primary amides is 1. The first kappa shape index (κ1) is 9.27. The van der Waals surface area contributed by atoms with Crippen molar-refractivity contribution >= 4 is 5.91 Å². The van der Waals surface area contributed by atoms with Crippen LogP contribution in [-0.2, 0) is 10.2 Å². The third-order valence-corrected chi connectivity index (χ3v) is 3.13. The summed E-state index contributed by atoms with van der Waals surface area (Å²) >= 11 is 0. The molecule has 4 heteroatoms. The van der Waals surface area contributed by atoms with Gasteiger partial charge in [-0.2, -0.15) is 0 Å². The van der Waals surface area contributed by atoms with E-state index in [4.69, 9.17) is 10.2 Å². The van der Waals surface area contributed by atoms with Crippen molar-refractivity contribution < 1.29 is 9.21 Å². The Morgan fingerprint density at radius 3 is 3.14 bits per heavy atom. The highest BCUT2D eigenvalue weighted by Gasteiger charge is 2.43. The van der Waals surface area contributed by atoms with Crippen LogP contribution in [0.25, 0.3) is 0 Å². The maximum absolute atomic E-state index is 11.3. The van der Waals surface area contributed by atoms with Crippen LogP contribution >= 0.6 is 0 Å². The first-order valence-electron chi connectivity index (χ1n) is 4.67. The van der Waals surface area contributed by atoms with Crippen molar-refractivity contribution in [1.29, 1.82) is 0 Å². The van der Waals surface area contributed by atoms with E-state index in [0.717, 1.165) is 12.1 Å². The molecule has 14 heavy (non-hydrogen) atoms. The monoisotopic (exact) mass is 194 g/mol. The summed E-state index contributed by atoms with van der Waals surface area (Å²) in [4.78, 5) is 11.3. The Morgan fingerprint density at radius 2 is 2.57 bits per heavy atom. The number of hydrogen-bond donors (Lipinski definition) is 2. The lowest BCUT2D eigenvalue weighted by molar-refractivity contribution is -0.122. The zero-order chi connectivity index (χ0) is 10.2. The van der Waals surface area contributed by atoms with E-state index in [0.29, 0.717) is 6.54 Å². The Morgan fingerprint density at radius 1 is 1.79 bits per heavy atom. The standard InChI is InChI=1S/C10H14N2O2/c1-10(7-2-3-14-5-7)6-12-4-8(10)9(11)13/h2-3,5,8,12H,4,6H2,1H3,(H2,11,13). The highest BCUT2D eigenvalue weighted by atomic mass is 16.3. The van der Waals surface area contributed by atoms with Crippen LogP contribution in [0.5, 0.6) is 0 Å². The highest BCUT2D eigenvalue weighted by Crippen LogP contribution is 2.35. The number of nitrogens with one attached hydrogen (secondary N) is 1. The van der Waals surface area contributed by atoms with Crippen molar-refractivity contribution in [2.24, 2.45) is 11.7 Å². The van der Waals surface area contributed by atoms with E-state index >= 15 is 0 Å². The predicted molar refractivity (Wildman–Crippen MR) is 51.6 cm³/mol. The summed E-state index contributed by atoms with van der Waals surface area (Å²) in [6, 6.07) is 1.89. The quantitative estimate of drug-likeness (QED) is 0.708. The van der Waals surface area contributed by atoms with E-state index < -0.39 is 0 Å². The van der Waals surface area contributed by atoms with Crippen LogP contribution in [0, 0.1) is 5.92 Å². The third-order valence-electron chi connectivity index (χ3n) is 3.13. The molecular weight excluding hydrogens is 180 g/mol. The minimum absolute atomic E-state index is 0.153. The summed E-state index contributed by atoms with van der Waals surface area (Å²) in [6.07, 6.45) is 3.31. The number of nitrogens with two attached hydrogens (primary N) is 1. The van der Waals surface area contributed by atoms with E-state index in [9.17, 15) is 4.79 Å². The van der Waals surface area contributed by atoms with Gasteiger partial charge in [-0.3, -0.25) is 4.79 Å². The normalized spacial score (nSPS) is 31.9. The summed E-state index contributed by atoms with van der Waals surface area (Å²) in [7, 11) is 0. The van der Waals surface area contributed by atoms with Gasteiger partial charge in [0.05, 0.1) is 18.4 Å². The molecule has 1 aliphatic rings. The number of rotatable bonds is 2. The van der Waals surface area contributed by atoms with E-state index in [1.54, 1.807) is 12.5 Å². The lowest BCUT2D eigenvalue weighted by Crippen LogP contribution is -2.39. The van der Waals surface area contributed by atoms with Crippen LogP contribution in [0.15, 0.2) is 23.0 Å². The molecule has 1 fully saturated rings. The lowest BCUT2D eigenvalue weighted by Gasteiger charge is -2.27. The molecule has 2 atom stereocenters. The fourth-order valence-electron chi connectivity index (χ4n) is 2.13. The fraction of sp³-hybridized carbons (Fsp3) is 0.500. The Bertz CT molecular complexity index is 334. The van der Waals surface area contributed by atoms with Gasteiger partial charge in [-0.15, -0.1) is 0 Å². The number of amides is 1. The molecule has 1 aliphatic heterocycles. The molecule has 2 heterocycles. The van der Waals surface area contributed by atoms with E-state index in [1.807, 2.05) is 13.0 Å². The molecule has 0 bridgehead atoms. The maximum Gasteiger partial charge on any atom is 0.222 e. The van der Waals surface area contributed by atoms with Gasteiger partial charge in [0.15, 0.2) is 0 Å². The largest absolute Gasteiger partial charge is 0.472 e. The van der Waals surface area contributed by atoms with Gasteiger partial charge in [0, 0.05) is 18.5 Å². The molecule has 0 spiro atoms. The van der Waals surface area contributed by atoms with E-state index in [1.165, 1.54) is 0 Å². The topological polar surface area (TPSA) is 68.3 Å². The van der Waals surface area contributed by atoms with Gasteiger partial charge < -0.3 is 15.5 Å². The first-order valence-corrected chi connectivity index (χ1v) is 4.67.